The van der Waals surface area contributed by atoms with Gasteiger partial charge >= 0.3 is 6.09 Å². The molecule has 0 saturated carbocycles. The molecular formula is C20H27N5O4. The molecule has 2 amide bonds. The summed E-state index contributed by atoms with van der Waals surface area (Å²) in [7, 11) is 0. The number of amides is 2. The molecule has 0 spiro atoms. The average molecular weight is 401 g/mol. The second-order valence-corrected chi connectivity index (χ2v) is 8.70. The summed E-state index contributed by atoms with van der Waals surface area (Å²) in [6.07, 6.45) is -0.292. The molecular weight excluding hydrogens is 374 g/mol. The van der Waals surface area contributed by atoms with E-state index in [9.17, 15) is 9.59 Å². The van der Waals surface area contributed by atoms with Crippen LogP contribution in [-0.2, 0) is 9.53 Å². The molecule has 0 aromatic heterocycles. The molecule has 3 aliphatic heterocycles. The zero-order valence-corrected chi connectivity index (χ0v) is 17.4. The van der Waals surface area contributed by atoms with E-state index in [1.165, 1.54) is 0 Å². The number of hydrazone groups is 1. The van der Waals surface area contributed by atoms with E-state index in [0.29, 0.717) is 25.5 Å². The quantitative estimate of drug-likeness (QED) is 0.788. The molecule has 0 bridgehead atoms. The smallest absolute Gasteiger partial charge is 0.410 e. The third-order valence-electron chi connectivity index (χ3n) is 5.16. The minimum Gasteiger partial charge on any atom is -0.483 e. The number of aryl methyl sites for hydroxylation is 1. The second-order valence-electron chi connectivity index (χ2n) is 8.70. The number of hydrogen-bond donors (Lipinski definition) is 2. The largest absolute Gasteiger partial charge is 0.483 e. The number of carbonyl (C=O) groups excluding carboxylic acids is 2. The molecule has 3 aliphatic rings. The predicted octanol–water partition coefficient (Wildman–Crippen LogP) is 2.06. The van der Waals surface area contributed by atoms with E-state index in [0.717, 1.165) is 22.7 Å². The molecule has 1 saturated heterocycles. The Labute approximate surface area is 170 Å². The van der Waals surface area contributed by atoms with Crippen LogP contribution < -0.4 is 20.4 Å². The molecule has 9 heteroatoms. The number of likely N-dealkylation sites (tertiary alicyclic amines) is 1. The molecule has 156 valence electrons. The maximum absolute atomic E-state index is 12.1. The van der Waals surface area contributed by atoms with Crippen molar-refractivity contribution in [2.24, 2.45) is 5.10 Å². The lowest BCUT2D eigenvalue weighted by Gasteiger charge is -2.41. The Bertz CT molecular complexity index is 886. The van der Waals surface area contributed by atoms with Crippen LogP contribution in [0.2, 0.25) is 0 Å². The molecule has 3 heterocycles. The highest BCUT2D eigenvalue weighted by atomic mass is 16.6. The van der Waals surface area contributed by atoms with Gasteiger partial charge in [0.15, 0.2) is 5.84 Å². The fourth-order valence-corrected chi connectivity index (χ4v) is 3.59. The highest BCUT2D eigenvalue weighted by Gasteiger charge is 2.37. The topological polar surface area (TPSA) is 95.5 Å². The van der Waals surface area contributed by atoms with Gasteiger partial charge in [0, 0.05) is 18.8 Å². The number of nitrogens with one attached hydrogen (secondary N) is 2. The number of carbonyl (C=O) groups is 2. The molecule has 29 heavy (non-hydrogen) atoms. The first-order valence-corrected chi connectivity index (χ1v) is 9.80. The molecule has 4 rings (SSSR count). The van der Waals surface area contributed by atoms with Gasteiger partial charge in [-0.15, -0.1) is 0 Å². The van der Waals surface area contributed by atoms with Crippen molar-refractivity contribution >= 4 is 29.2 Å². The van der Waals surface area contributed by atoms with Gasteiger partial charge in [0.05, 0.1) is 11.7 Å². The van der Waals surface area contributed by atoms with E-state index >= 15 is 0 Å². The van der Waals surface area contributed by atoms with Crippen LogP contribution in [0, 0.1) is 6.92 Å². The number of benzene rings is 1. The number of amidine groups is 1. The molecule has 0 aliphatic carbocycles. The van der Waals surface area contributed by atoms with E-state index < -0.39 is 5.60 Å². The first-order valence-electron chi connectivity index (χ1n) is 9.80. The Balaban J connectivity index is 1.48. The third kappa shape index (κ3) is 3.68. The maximum atomic E-state index is 12.1. The fraction of sp³-hybridized carbons (Fsp3) is 0.550. The van der Waals surface area contributed by atoms with E-state index in [1.807, 2.05) is 51.7 Å². The van der Waals surface area contributed by atoms with Gasteiger partial charge in [-0.1, -0.05) is 0 Å². The van der Waals surface area contributed by atoms with Crippen LogP contribution in [0.25, 0.3) is 0 Å². The fourth-order valence-electron chi connectivity index (χ4n) is 3.59. The summed E-state index contributed by atoms with van der Waals surface area (Å²) < 4.78 is 11.2. The van der Waals surface area contributed by atoms with Gasteiger partial charge in [0.1, 0.15) is 24.0 Å². The Hall–Kier alpha value is -2.97. The molecule has 2 N–H and O–H groups in total. The van der Waals surface area contributed by atoms with Crippen LogP contribution >= 0.6 is 0 Å². The summed E-state index contributed by atoms with van der Waals surface area (Å²) in [5.74, 6) is 1.26. The van der Waals surface area contributed by atoms with Crippen molar-refractivity contribution in [3.8, 4) is 5.75 Å². The first kappa shape index (κ1) is 19.4. The van der Waals surface area contributed by atoms with Crippen LogP contribution in [0.5, 0.6) is 5.75 Å². The molecule has 1 aromatic rings. The number of nitrogens with zero attached hydrogens (tertiary/aromatic N) is 3. The van der Waals surface area contributed by atoms with Gasteiger partial charge < -0.3 is 24.6 Å². The van der Waals surface area contributed by atoms with Gasteiger partial charge in [-0.25, -0.2) is 10.2 Å². The normalized spacial score (nSPS) is 21.2. The monoisotopic (exact) mass is 401 g/mol. The lowest BCUT2D eigenvalue weighted by atomic mass is 10.0. The van der Waals surface area contributed by atoms with Crippen molar-refractivity contribution in [3.63, 3.8) is 0 Å². The minimum absolute atomic E-state index is 0.138. The number of fused-ring (bicyclic) bond motifs is 3. The minimum atomic E-state index is -0.499. The third-order valence-corrected chi connectivity index (χ3v) is 5.16. The number of hydrogen-bond acceptors (Lipinski definition) is 7. The molecule has 9 nitrogen and oxygen atoms in total. The summed E-state index contributed by atoms with van der Waals surface area (Å²) in [6.45, 7) is 10.9. The van der Waals surface area contributed by atoms with Crippen molar-refractivity contribution in [2.45, 2.75) is 52.3 Å². The molecule has 1 aromatic carbocycles. The summed E-state index contributed by atoms with van der Waals surface area (Å²) in [6, 6.07) is 3.73. The van der Waals surface area contributed by atoms with Crippen LogP contribution in [0.15, 0.2) is 17.2 Å². The summed E-state index contributed by atoms with van der Waals surface area (Å²) >= 11 is 0. The lowest BCUT2D eigenvalue weighted by molar-refractivity contribution is -0.122. The zero-order chi connectivity index (χ0) is 20.9. The number of rotatable bonds is 2. The molecule has 1 fully saturated rings. The molecule has 1 atom stereocenters. The Morgan fingerprint density at radius 2 is 2.07 bits per heavy atom. The molecule has 0 radical (unpaired) electrons. The second kappa shape index (κ2) is 6.82. The Kier molecular flexibility index (Phi) is 4.55. The standard InChI is InChI=1S/C20H27N5O4/c1-11-6-16-15(25-12(2)18(26)23-22-17(25)10-28-16)7-14(11)21-13-8-24(9-13)19(27)29-20(3,4)5/h6-7,12-13,21H,8-10H2,1-5H3,(H,23,26). The van der Waals surface area contributed by atoms with Crippen molar-refractivity contribution in [1.29, 1.82) is 0 Å². The van der Waals surface area contributed by atoms with Crippen molar-refractivity contribution in [3.05, 3.63) is 17.7 Å². The number of ether oxygens (including phenoxy) is 2. The summed E-state index contributed by atoms with van der Waals surface area (Å²) in [5, 5.41) is 7.61. The highest BCUT2D eigenvalue weighted by molar-refractivity contribution is 6.09. The zero-order valence-electron chi connectivity index (χ0n) is 17.4. The number of anilines is 2. The van der Waals surface area contributed by atoms with E-state index in [4.69, 9.17) is 9.47 Å². The van der Waals surface area contributed by atoms with E-state index in [1.54, 1.807) is 4.90 Å². The Morgan fingerprint density at radius 3 is 2.76 bits per heavy atom. The SMILES string of the molecule is Cc1cc2c(cc1NC1CN(C(=O)OC(C)(C)C)C1)N1C(=NNC(=O)C1C)CO2. The van der Waals surface area contributed by atoms with Crippen LogP contribution in [0.3, 0.4) is 0 Å². The predicted molar refractivity (Wildman–Crippen MR) is 109 cm³/mol. The van der Waals surface area contributed by atoms with E-state index in [-0.39, 0.29) is 24.1 Å². The van der Waals surface area contributed by atoms with E-state index in [2.05, 4.69) is 15.8 Å². The summed E-state index contributed by atoms with van der Waals surface area (Å²) in [5.41, 5.74) is 4.83. The maximum Gasteiger partial charge on any atom is 0.410 e. The van der Waals surface area contributed by atoms with Crippen LogP contribution in [-0.4, -0.2) is 60.1 Å². The van der Waals surface area contributed by atoms with Crippen molar-refractivity contribution in [2.75, 3.05) is 29.9 Å². The van der Waals surface area contributed by atoms with Crippen molar-refractivity contribution in [1.82, 2.24) is 10.3 Å². The lowest BCUT2D eigenvalue weighted by Crippen LogP contribution is -2.58. The Morgan fingerprint density at radius 1 is 1.34 bits per heavy atom. The van der Waals surface area contributed by atoms with Crippen molar-refractivity contribution < 1.29 is 19.1 Å². The van der Waals surface area contributed by atoms with Gasteiger partial charge in [0.2, 0.25) is 0 Å². The first-order chi connectivity index (χ1) is 13.6. The van der Waals surface area contributed by atoms with Gasteiger partial charge in [-0.2, -0.15) is 5.10 Å². The van der Waals surface area contributed by atoms with Gasteiger partial charge in [-0.05, 0) is 52.3 Å². The summed E-state index contributed by atoms with van der Waals surface area (Å²) in [4.78, 5) is 27.8. The van der Waals surface area contributed by atoms with Crippen LogP contribution in [0.4, 0.5) is 16.2 Å². The van der Waals surface area contributed by atoms with Gasteiger partial charge in [0.25, 0.3) is 5.91 Å². The van der Waals surface area contributed by atoms with Crippen LogP contribution in [0.1, 0.15) is 33.3 Å². The molecule has 1 unspecified atom stereocenters. The highest BCUT2D eigenvalue weighted by Crippen LogP contribution is 2.39. The van der Waals surface area contributed by atoms with Gasteiger partial charge in [-0.3, -0.25) is 4.79 Å². The average Bonchev–Trinajstić information content (AvgIpc) is 2.59.